The van der Waals surface area contributed by atoms with Gasteiger partial charge in [0.25, 0.3) is 0 Å². The van der Waals surface area contributed by atoms with Crippen molar-refractivity contribution in [3.8, 4) is 11.5 Å². The Morgan fingerprint density at radius 3 is 2.40 bits per heavy atom. The molecule has 106 valence electrons. The molecule has 0 atom stereocenters. The van der Waals surface area contributed by atoms with Crippen LogP contribution >= 0.6 is 11.6 Å². The number of nitrogens with one attached hydrogen (secondary N) is 1. The normalized spacial score (nSPS) is 10.7. The Labute approximate surface area is 119 Å². The molecule has 0 fully saturated rings. The quantitative estimate of drug-likeness (QED) is 0.910. The molecule has 0 saturated heterocycles. The van der Waals surface area contributed by atoms with Crippen LogP contribution in [0.4, 0.5) is 13.2 Å². The molecule has 20 heavy (non-hydrogen) atoms. The number of rotatable bonds is 4. The molecular weight excluding hydrogens is 291 g/mol. The fraction of sp³-hybridized carbons (Fsp3) is 0.143. The van der Waals surface area contributed by atoms with Crippen molar-refractivity contribution >= 4 is 11.6 Å². The van der Waals surface area contributed by atoms with Gasteiger partial charge in [-0.15, -0.1) is 0 Å². The summed E-state index contributed by atoms with van der Waals surface area (Å²) in [5, 5.41) is 2.59. The van der Waals surface area contributed by atoms with Crippen LogP contribution in [0.5, 0.6) is 11.5 Å². The van der Waals surface area contributed by atoms with Crippen molar-refractivity contribution in [2.24, 2.45) is 0 Å². The molecule has 6 heteroatoms. The molecule has 0 bridgehead atoms. The molecule has 0 aliphatic heterocycles. The van der Waals surface area contributed by atoms with E-state index in [1.54, 1.807) is 7.05 Å². The lowest BCUT2D eigenvalue weighted by Gasteiger charge is -2.11. The smallest absolute Gasteiger partial charge is 0.198 e. The van der Waals surface area contributed by atoms with Gasteiger partial charge in [-0.25, -0.2) is 13.2 Å². The van der Waals surface area contributed by atoms with Crippen LogP contribution in [0.1, 0.15) is 5.56 Å². The lowest BCUT2D eigenvalue weighted by atomic mass is 10.2. The van der Waals surface area contributed by atoms with Crippen LogP contribution in [-0.2, 0) is 6.54 Å². The summed E-state index contributed by atoms with van der Waals surface area (Å²) in [5.74, 6) is -3.68. The van der Waals surface area contributed by atoms with Gasteiger partial charge in [0, 0.05) is 6.54 Å². The van der Waals surface area contributed by atoms with Crippen molar-refractivity contribution in [1.29, 1.82) is 0 Å². The third-order valence-electron chi connectivity index (χ3n) is 2.57. The van der Waals surface area contributed by atoms with E-state index in [0.717, 1.165) is 12.1 Å². The molecular formula is C14H11ClF3NO. The van der Waals surface area contributed by atoms with Crippen LogP contribution in [-0.4, -0.2) is 7.05 Å². The average molecular weight is 302 g/mol. The molecule has 0 aliphatic carbocycles. The number of ether oxygens (including phenoxy) is 1. The fourth-order valence-electron chi connectivity index (χ4n) is 1.69. The number of hydrogen-bond donors (Lipinski definition) is 1. The van der Waals surface area contributed by atoms with E-state index in [1.165, 1.54) is 18.2 Å². The first kappa shape index (κ1) is 14.7. The van der Waals surface area contributed by atoms with E-state index in [4.69, 9.17) is 16.3 Å². The Kier molecular flexibility index (Phi) is 4.52. The second kappa shape index (κ2) is 6.15. The second-order valence-corrected chi connectivity index (χ2v) is 4.48. The van der Waals surface area contributed by atoms with Crippen molar-refractivity contribution in [1.82, 2.24) is 5.32 Å². The van der Waals surface area contributed by atoms with E-state index in [9.17, 15) is 13.2 Å². The van der Waals surface area contributed by atoms with Gasteiger partial charge in [-0.1, -0.05) is 17.7 Å². The van der Waals surface area contributed by atoms with E-state index < -0.39 is 23.2 Å². The number of halogens is 4. The highest BCUT2D eigenvalue weighted by Gasteiger charge is 2.16. The molecule has 2 nitrogen and oxygen atoms in total. The van der Waals surface area contributed by atoms with Crippen molar-refractivity contribution in [2.75, 3.05) is 7.05 Å². The predicted octanol–water partition coefficient (Wildman–Crippen LogP) is 4.27. The maximum Gasteiger partial charge on any atom is 0.198 e. The Morgan fingerprint density at radius 2 is 1.80 bits per heavy atom. The van der Waals surface area contributed by atoms with Gasteiger partial charge in [0.2, 0.25) is 0 Å². The summed E-state index contributed by atoms with van der Waals surface area (Å²) in [6, 6.07) is 6.22. The molecule has 0 amide bonds. The van der Waals surface area contributed by atoms with Crippen LogP contribution < -0.4 is 10.1 Å². The molecule has 2 aromatic carbocycles. The lowest BCUT2D eigenvalue weighted by molar-refractivity contribution is 0.386. The summed E-state index contributed by atoms with van der Waals surface area (Å²) in [5.41, 5.74) is 0.418. The van der Waals surface area contributed by atoms with E-state index in [2.05, 4.69) is 5.32 Å². The summed E-state index contributed by atoms with van der Waals surface area (Å²) < 4.78 is 46.2. The van der Waals surface area contributed by atoms with E-state index in [1.807, 2.05) is 0 Å². The largest absolute Gasteiger partial charge is 0.448 e. The Hall–Kier alpha value is -1.72. The van der Waals surface area contributed by atoms with Gasteiger partial charge in [-0.3, -0.25) is 0 Å². The summed E-state index contributed by atoms with van der Waals surface area (Å²) in [4.78, 5) is 0. The van der Waals surface area contributed by atoms with Gasteiger partial charge in [0.05, 0.1) is 5.02 Å². The predicted molar refractivity (Wildman–Crippen MR) is 70.6 cm³/mol. The Bertz CT molecular complexity index is 611. The summed E-state index contributed by atoms with van der Waals surface area (Å²) in [6.45, 7) is 0.305. The van der Waals surface area contributed by atoms with Crippen molar-refractivity contribution in [2.45, 2.75) is 6.54 Å². The van der Waals surface area contributed by atoms with Crippen LogP contribution in [0.3, 0.4) is 0 Å². The van der Waals surface area contributed by atoms with Gasteiger partial charge < -0.3 is 10.1 Å². The van der Waals surface area contributed by atoms with Crippen LogP contribution in [0, 0.1) is 17.5 Å². The van der Waals surface area contributed by atoms with E-state index in [-0.39, 0.29) is 10.8 Å². The SMILES string of the molecule is CNCc1cc(F)c(Oc2cccc(Cl)c2F)c(F)c1. The highest BCUT2D eigenvalue weighted by molar-refractivity contribution is 6.30. The molecule has 0 aromatic heterocycles. The van der Waals surface area contributed by atoms with Crippen LogP contribution in [0.15, 0.2) is 30.3 Å². The molecule has 2 aromatic rings. The standard InChI is InChI=1S/C14H11ClF3NO/c1-19-7-8-5-10(16)14(11(17)6-8)20-12-4-2-3-9(15)13(12)18/h2-6,19H,7H2,1H3. The highest BCUT2D eigenvalue weighted by Crippen LogP contribution is 2.32. The molecule has 0 spiro atoms. The lowest BCUT2D eigenvalue weighted by Crippen LogP contribution is -2.06. The van der Waals surface area contributed by atoms with E-state index >= 15 is 0 Å². The van der Waals surface area contributed by atoms with Gasteiger partial charge in [-0.2, -0.15) is 0 Å². The first-order valence-electron chi connectivity index (χ1n) is 5.77. The molecule has 0 radical (unpaired) electrons. The molecule has 0 heterocycles. The van der Waals surface area contributed by atoms with Gasteiger partial charge in [0.1, 0.15) is 0 Å². The maximum atomic E-state index is 13.8. The zero-order valence-electron chi connectivity index (χ0n) is 10.5. The molecule has 0 saturated carbocycles. The minimum Gasteiger partial charge on any atom is -0.448 e. The Balaban J connectivity index is 2.36. The van der Waals surface area contributed by atoms with E-state index in [0.29, 0.717) is 12.1 Å². The molecule has 0 unspecified atom stereocenters. The minimum absolute atomic E-state index is 0.185. The second-order valence-electron chi connectivity index (χ2n) is 4.07. The number of benzene rings is 2. The first-order chi connectivity index (χ1) is 9.52. The zero-order chi connectivity index (χ0) is 14.7. The van der Waals surface area contributed by atoms with Crippen molar-refractivity contribution in [3.63, 3.8) is 0 Å². The third-order valence-corrected chi connectivity index (χ3v) is 2.86. The summed E-state index contributed by atoms with van der Waals surface area (Å²) >= 11 is 5.58. The van der Waals surface area contributed by atoms with Gasteiger partial charge in [0.15, 0.2) is 29.0 Å². The molecule has 1 N–H and O–H groups in total. The zero-order valence-corrected chi connectivity index (χ0v) is 11.3. The third kappa shape index (κ3) is 3.05. The minimum atomic E-state index is -0.908. The van der Waals surface area contributed by atoms with Crippen molar-refractivity contribution < 1.29 is 17.9 Å². The highest BCUT2D eigenvalue weighted by atomic mass is 35.5. The summed E-state index contributed by atoms with van der Waals surface area (Å²) in [6.07, 6.45) is 0. The van der Waals surface area contributed by atoms with Gasteiger partial charge >= 0.3 is 0 Å². The topological polar surface area (TPSA) is 21.3 Å². The van der Waals surface area contributed by atoms with Crippen molar-refractivity contribution in [3.05, 3.63) is 58.4 Å². The average Bonchev–Trinajstić information content (AvgIpc) is 2.39. The maximum absolute atomic E-state index is 13.8. The van der Waals surface area contributed by atoms with Crippen LogP contribution in [0.25, 0.3) is 0 Å². The summed E-state index contributed by atoms with van der Waals surface area (Å²) in [7, 11) is 1.65. The monoisotopic (exact) mass is 301 g/mol. The van der Waals surface area contributed by atoms with Crippen LogP contribution in [0.2, 0.25) is 5.02 Å². The Morgan fingerprint density at radius 1 is 1.15 bits per heavy atom. The fourth-order valence-corrected chi connectivity index (χ4v) is 1.85. The molecule has 2 rings (SSSR count). The first-order valence-corrected chi connectivity index (χ1v) is 6.15. The molecule has 0 aliphatic rings. The number of hydrogen-bond acceptors (Lipinski definition) is 2. The van der Waals surface area contributed by atoms with Gasteiger partial charge in [-0.05, 0) is 36.9 Å².